The molecule has 3 atom stereocenters. The molecule has 3 rings (SSSR count). The Hall–Kier alpha value is -2.20. The minimum Gasteiger partial charge on any atom is -0.465 e. The number of nitro benzene ring substituents is 1. The molecule has 10 heteroatoms. The van der Waals surface area contributed by atoms with Crippen molar-refractivity contribution >= 4 is 28.7 Å². The Kier molecular flexibility index (Phi) is 4.65. The fourth-order valence-corrected chi connectivity index (χ4v) is 4.58. The van der Waals surface area contributed by atoms with Crippen LogP contribution < -0.4 is 5.32 Å². The number of fused-ring (bicyclic) bond motifs is 1. The zero-order valence-corrected chi connectivity index (χ0v) is 14.1. The predicted octanol–water partition coefficient (Wildman–Crippen LogP) is 2.72. The number of benzene rings is 1. The number of hydrogen-bond donors (Lipinski definition) is 2. The summed E-state index contributed by atoms with van der Waals surface area (Å²) in [6.45, 7) is 1.98. The molecule has 0 bridgehead atoms. The number of aliphatic imine (C=N–C) groups is 1. The highest BCUT2D eigenvalue weighted by molar-refractivity contribution is 8.13. The Bertz CT molecular complexity index is 759. The summed E-state index contributed by atoms with van der Waals surface area (Å²) in [6, 6.07) is 3.30. The average Bonchev–Trinajstić information content (AvgIpc) is 2.93. The Morgan fingerprint density at radius 1 is 1.64 bits per heavy atom. The smallest absolute Gasteiger partial charge is 0.410 e. The van der Waals surface area contributed by atoms with Crippen LogP contribution >= 0.6 is 11.8 Å². The maximum Gasteiger partial charge on any atom is 0.410 e. The third-order valence-corrected chi connectivity index (χ3v) is 5.52. The second-order valence-corrected chi connectivity index (χ2v) is 6.88. The van der Waals surface area contributed by atoms with Crippen molar-refractivity contribution in [2.45, 2.75) is 25.0 Å². The fourth-order valence-electron chi connectivity index (χ4n) is 3.36. The molecule has 0 aliphatic carbocycles. The van der Waals surface area contributed by atoms with E-state index in [2.05, 4.69) is 10.3 Å². The maximum atomic E-state index is 14.6. The number of carboxylic acid groups (broad SMARTS) is 1. The predicted molar refractivity (Wildman–Crippen MR) is 89.3 cm³/mol. The number of ether oxygens (including phenoxy) is 1. The van der Waals surface area contributed by atoms with Crippen molar-refractivity contribution in [2.24, 2.45) is 10.9 Å². The van der Waals surface area contributed by atoms with Crippen LogP contribution in [0.5, 0.6) is 0 Å². The van der Waals surface area contributed by atoms with E-state index in [1.54, 1.807) is 0 Å². The highest BCUT2D eigenvalue weighted by Crippen LogP contribution is 2.49. The Labute approximate surface area is 146 Å². The second-order valence-electron chi connectivity index (χ2n) is 5.87. The van der Waals surface area contributed by atoms with Crippen molar-refractivity contribution < 1.29 is 24.0 Å². The summed E-state index contributed by atoms with van der Waals surface area (Å²) in [5.41, 5.74) is -1.36. The number of nitrogens with zero attached hydrogens (tertiary/aromatic N) is 2. The fraction of sp³-hybridized carbons (Fsp3) is 0.467. The summed E-state index contributed by atoms with van der Waals surface area (Å²) in [6.07, 6.45) is -0.771. The van der Waals surface area contributed by atoms with Crippen LogP contribution in [-0.4, -0.2) is 39.8 Å². The molecule has 2 aliphatic rings. The summed E-state index contributed by atoms with van der Waals surface area (Å²) in [7, 11) is 0. The van der Waals surface area contributed by atoms with Gasteiger partial charge in [-0.2, -0.15) is 0 Å². The molecule has 1 saturated heterocycles. The molecule has 1 fully saturated rings. The minimum atomic E-state index is -1.27. The number of halogens is 1. The topological polar surface area (TPSA) is 114 Å². The highest BCUT2D eigenvalue weighted by Gasteiger charge is 2.54. The normalized spacial score (nSPS) is 28.2. The summed E-state index contributed by atoms with van der Waals surface area (Å²) in [5.74, 6) is -0.362. The lowest BCUT2D eigenvalue weighted by atomic mass is 9.78. The molecule has 2 N–H and O–H groups in total. The van der Waals surface area contributed by atoms with Gasteiger partial charge in [-0.25, -0.2) is 14.2 Å². The van der Waals surface area contributed by atoms with Crippen molar-refractivity contribution in [3.8, 4) is 0 Å². The number of nitro groups is 1. The Balaban J connectivity index is 2.14. The van der Waals surface area contributed by atoms with Gasteiger partial charge in [0.25, 0.3) is 5.69 Å². The van der Waals surface area contributed by atoms with Gasteiger partial charge >= 0.3 is 6.09 Å². The molecule has 134 valence electrons. The van der Waals surface area contributed by atoms with Crippen molar-refractivity contribution in [1.82, 2.24) is 5.32 Å². The number of amidine groups is 1. The van der Waals surface area contributed by atoms with Gasteiger partial charge in [-0.1, -0.05) is 18.7 Å². The molecule has 0 aromatic heterocycles. The lowest BCUT2D eigenvalue weighted by molar-refractivity contribution is -0.385. The van der Waals surface area contributed by atoms with E-state index < -0.39 is 22.4 Å². The van der Waals surface area contributed by atoms with Crippen molar-refractivity contribution in [1.29, 1.82) is 0 Å². The van der Waals surface area contributed by atoms with Crippen LogP contribution in [0.4, 0.5) is 14.9 Å². The number of nitrogens with one attached hydrogen (secondary N) is 1. The van der Waals surface area contributed by atoms with E-state index in [1.165, 1.54) is 17.8 Å². The van der Waals surface area contributed by atoms with E-state index in [0.717, 1.165) is 12.1 Å². The number of non-ortho nitro benzene ring substituents is 1. The average molecular weight is 369 g/mol. The highest BCUT2D eigenvalue weighted by atomic mass is 32.2. The molecule has 0 unspecified atom stereocenters. The van der Waals surface area contributed by atoms with Crippen LogP contribution in [0.3, 0.4) is 0 Å². The van der Waals surface area contributed by atoms with Gasteiger partial charge in [0.05, 0.1) is 17.6 Å². The van der Waals surface area contributed by atoms with E-state index >= 15 is 0 Å². The zero-order chi connectivity index (χ0) is 18.2. The molecule has 2 aliphatic heterocycles. The van der Waals surface area contributed by atoms with Gasteiger partial charge in [-0.3, -0.25) is 15.4 Å². The van der Waals surface area contributed by atoms with Gasteiger partial charge in [0.2, 0.25) is 0 Å². The van der Waals surface area contributed by atoms with Crippen LogP contribution in [0.15, 0.2) is 23.2 Å². The van der Waals surface area contributed by atoms with Crippen LogP contribution in [0, 0.1) is 21.8 Å². The molecule has 2 heterocycles. The van der Waals surface area contributed by atoms with Gasteiger partial charge in [-0.05, 0) is 12.5 Å². The molecule has 1 aromatic rings. The molecule has 25 heavy (non-hydrogen) atoms. The first-order chi connectivity index (χ1) is 11.9. The molecule has 0 radical (unpaired) electrons. The standard InChI is InChI=1S/C15H16FN3O5S/c1-2-12-10-6-25-13(17-14(20)21)18-15(10,7-24-12)9-5-8(19(22)23)3-4-11(9)16/h3-5,10,12H,2,6-7H2,1H3,(H,17,18)(H,20,21)/t10-,12-,15-/m1/s1. The lowest BCUT2D eigenvalue weighted by Crippen LogP contribution is -2.44. The minimum absolute atomic E-state index is 0.0413. The summed E-state index contributed by atoms with van der Waals surface area (Å²) in [4.78, 5) is 25.9. The van der Waals surface area contributed by atoms with Crippen LogP contribution in [0.25, 0.3) is 0 Å². The molecular weight excluding hydrogens is 353 g/mol. The summed E-state index contributed by atoms with van der Waals surface area (Å²) < 4.78 is 20.4. The Morgan fingerprint density at radius 3 is 3.04 bits per heavy atom. The van der Waals surface area contributed by atoms with E-state index in [9.17, 15) is 19.3 Å². The number of rotatable bonds is 3. The summed E-state index contributed by atoms with van der Waals surface area (Å²) in [5, 5.41) is 22.4. The van der Waals surface area contributed by atoms with Gasteiger partial charge in [0, 0.05) is 29.4 Å². The van der Waals surface area contributed by atoms with Gasteiger partial charge in [0.15, 0.2) is 5.17 Å². The van der Waals surface area contributed by atoms with E-state index in [-0.39, 0.29) is 35.0 Å². The van der Waals surface area contributed by atoms with Crippen molar-refractivity contribution in [2.75, 3.05) is 12.4 Å². The Morgan fingerprint density at radius 2 is 2.40 bits per heavy atom. The lowest BCUT2D eigenvalue weighted by Gasteiger charge is -2.36. The van der Waals surface area contributed by atoms with Crippen molar-refractivity contribution in [3.63, 3.8) is 0 Å². The monoisotopic (exact) mass is 369 g/mol. The van der Waals surface area contributed by atoms with Gasteiger partial charge < -0.3 is 9.84 Å². The molecule has 0 saturated carbocycles. The third kappa shape index (κ3) is 3.07. The van der Waals surface area contributed by atoms with E-state index in [4.69, 9.17) is 9.84 Å². The number of thioether (sulfide) groups is 1. The quantitative estimate of drug-likeness (QED) is 0.625. The van der Waals surface area contributed by atoms with E-state index in [0.29, 0.717) is 12.2 Å². The molecule has 8 nitrogen and oxygen atoms in total. The first-order valence-corrected chi connectivity index (χ1v) is 8.64. The maximum absolute atomic E-state index is 14.6. The SMILES string of the molecule is CC[C@H]1OC[C@]2(c3cc([N+](=O)[O-])ccc3F)N=C(NC(=O)O)SC[C@H]12. The third-order valence-electron chi connectivity index (χ3n) is 4.52. The van der Waals surface area contributed by atoms with Crippen LogP contribution in [0.1, 0.15) is 18.9 Å². The number of amides is 1. The van der Waals surface area contributed by atoms with Crippen molar-refractivity contribution in [3.05, 3.63) is 39.7 Å². The van der Waals surface area contributed by atoms with Crippen LogP contribution in [-0.2, 0) is 10.3 Å². The molecular formula is C15H16FN3O5S. The van der Waals surface area contributed by atoms with E-state index in [1.807, 2.05) is 6.92 Å². The molecule has 1 aromatic carbocycles. The largest absolute Gasteiger partial charge is 0.465 e. The van der Waals surface area contributed by atoms with Crippen LogP contribution in [0.2, 0.25) is 0 Å². The number of hydrogen-bond acceptors (Lipinski definition) is 6. The number of carbonyl (C=O) groups is 1. The summed E-state index contributed by atoms with van der Waals surface area (Å²) >= 11 is 1.22. The molecule has 0 spiro atoms. The molecule has 1 amide bonds. The van der Waals surface area contributed by atoms with Gasteiger partial charge in [-0.15, -0.1) is 0 Å². The first kappa shape index (κ1) is 17.6. The second kappa shape index (κ2) is 6.60. The van der Waals surface area contributed by atoms with Gasteiger partial charge in [0.1, 0.15) is 11.4 Å². The first-order valence-electron chi connectivity index (χ1n) is 7.66. The zero-order valence-electron chi connectivity index (χ0n) is 13.3.